The van der Waals surface area contributed by atoms with E-state index in [0.29, 0.717) is 11.7 Å². The van der Waals surface area contributed by atoms with E-state index in [1.807, 2.05) is 6.92 Å². The fraction of sp³-hybridized carbons (Fsp3) is 0.857. The van der Waals surface area contributed by atoms with Crippen LogP contribution < -0.4 is 5.73 Å². The molecule has 0 aromatic carbocycles. The fourth-order valence-electron chi connectivity index (χ4n) is 0.842. The van der Waals surface area contributed by atoms with Gasteiger partial charge in [0.2, 0.25) is 0 Å². The molecule has 0 saturated heterocycles. The van der Waals surface area contributed by atoms with Crippen LogP contribution >= 0.6 is 0 Å². The van der Waals surface area contributed by atoms with Crippen molar-refractivity contribution in [2.75, 3.05) is 0 Å². The smallest absolute Gasteiger partial charge is 0.191 e. The Bertz CT molecular complexity index is 240. The van der Waals surface area contributed by atoms with E-state index in [-0.39, 0.29) is 6.04 Å². The number of nitrogens with zero attached hydrogens (tertiary/aromatic N) is 4. The molecular formula is C7H15N5. The van der Waals surface area contributed by atoms with E-state index in [2.05, 4.69) is 29.3 Å². The van der Waals surface area contributed by atoms with Crippen molar-refractivity contribution in [1.29, 1.82) is 0 Å². The van der Waals surface area contributed by atoms with Crippen molar-refractivity contribution < 1.29 is 0 Å². The van der Waals surface area contributed by atoms with Crippen molar-refractivity contribution in [2.45, 2.75) is 33.4 Å². The van der Waals surface area contributed by atoms with Crippen LogP contribution in [0.3, 0.4) is 0 Å². The van der Waals surface area contributed by atoms with Gasteiger partial charge >= 0.3 is 0 Å². The molecule has 0 bridgehead atoms. The van der Waals surface area contributed by atoms with Crippen LogP contribution in [0.2, 0.25) is 0 Å². The first kappa shape index (κ1) is 9.12. The summed E-state index contributed by atoms with van der Waals surface area (Å²) in [6.07, 6.45) is 0. The summed E-state index contributed by atoms with van der Waals surface area (Å²) < 4.78 is 0. The Morgan fingerprint density at radius 2 is 2.08 bits per heavy atom. The molecule has 0 aliphatic heterocycles. The van der Waals surface area contributed by atoms with E-state index in [1.165, 1.54) is 0 Å². The number of hydrogen-bond donors (Lipinski definition) is 1. The van der Waals surface area contributed by atoms with Gasteiger partial charge in [-0.2, -0.15) is 4.80 Å². The first-order valence-corrected chi connectivity index (χ1v) is 4.13. The second-order valence-corrected chi connectivity index (χ2v) is 3.39. The van der Waals surface area contributed by atoms with E-state index in [1.54, 1.807) is 4.80 Å². The maximum Gasteiger partial charge on any atom is 0.191 e. The third-order valence-corrected chi connectivity index (χ3v) is 1.40. The third-order valence-electron chi connectivity index (χ3n) is 1.40. The highest BCUT2D eigenvalue weighted by Crippen LogP contribution is 2.00. The third kappa shape index (κ3) is 2.27. The Hall–Kier alpha value is -0.970. The zero-order valence-corrected chi connectivity index (χ0v) is 7.73. The molecule has 1 unspecified atom stereocenters. The van der Waals surface area contributed by atoms with E-state index < -0.39 is 0 Å². The first-order chi connectivity index (χ1) is 5.59. The Kier molecular flexibility index (Phi) is 2.75. The summed E-state index contributed by atoms with van der Waals surface area (Å²) in [6.45, 7) is 6.85. The lowest BCUT2D eigenvalue weighted by molar-refractivity contribution is 0.427. The summed E-state index contributed by atoms with van der Waals surface area (Å²) >= 11 is 0. The molecule has 0 spiro atoms. The van der Waals surface area contributed by atoms with Gasteiger partial charge < -0.3 is 5.73 Å². The molecule has 0 fully saturated rings. The molecule has 0 aliphatic rings. The molecule has 1 aromatic rings. The predicted octanol–water partition coefficient (Wildman–Crippen LogP) is 0.349. The Morgan fingerprint density at radius 1 is 1.42 bits per heavy atom. The van der Waals surface area contributed by atoms with Crippen LogP contribution in [0.1, 0.15) is 32.6 Å². The maximum atomic E-state index is 5.58. The van der Waals surface area contributed by atoms with Gasteiger partial charge in [-0.05, 0) is 18.1 Å². The van der Waals surface area contributed by atoms with Crippen molar-refractivity contribution in [2.24, 2.45) is 11.7 Å². The lowest BCUT2D eigenvalue weighted by Gasteiger charge is -2.00. The molecule has 1 rings (SSSR count). The fourth-order valence-corrected chi connectivity index (χ4v) is 0.842. The highest BCUT2D eigenvalue weighted by atomic mass is 15.6. The predicted molar refractivity (Wildman–Crippen MR) is 45.3 cm³/mol. The molecule has 0 aliphatic carbocycles. The summed E-state index contributed by atoms with van der Waals surface area (Å²) in [5.41, 5.74) is 5.58. The van der Waals surface area contributed by atoms with Gasteiger partial charge in [-0.3, -0.25) is 0 Å². The van der Waals surface area contributed by atoms with Crippen LogP contribution in [-0.4, -0.2) is 20.2 Å². The normalized spacial score (nSPS) is 13.8. The van der Waals surface area contributed by atoms with Crippen molar-refractivity contribution in [3.8, 4) is 0 Å². The van der Waals surface area contributed by atoms with Gasteiger partial charge in [-0.15, -0.1) is 10.2 Å². The lowest BCUT2D eigenvalue weighted by Crippen LogP contribution is -2.10. The monoisotopic (exact) mass is 169 g/mol. The molecule has 5 heteroatoms. The van der Waals surface area contributed by atoms with Gasteiger partial charge in [-0.1, -0.05) is 13.8 Å². The number of nitrogens with two attached hydrogens (primary N) is 1. The minimum absolute atomic E-state index is 0.133. The molecular weight excluding hydrogens is 154 g/mol. The molecule has 12 heavy (non-hydrogen) atoms. The van der Waals surface area contributed by atoms with Gasteiger partial charge in [0.15, 0.2) is 5.82 Å². The molecule has 1 heterocycles. The van der Waals surface area contributed by atoms with Gasteiger partial charge in [0, 0.05) is 0 Å². The van der Waals surface area contributed by atoms with Crippen LogP contribution in [0, 0.1) is 5.92 Å². The van der Waals surface area contributed by atoms with E-state index in [4.69, 9.17) is 5.73 Å². The summed E-state index contributed by atoms with van der Waals surface area (Å²) in [4.78, 5) is 1.59. The van der Waals surface area contributed by atoms with Crippen molar-refractivity contribution in [3.05, 3.63) is 5.82 Å². The van der Waals surface area contributed by atoms with Gasteiger partial charge in [0.05, 0.1) is 12.6 Å². The topological polar surface area (TPSA) is 69.6 Å². The van der Waals surface area contributed by atoms with Gasteiger partial charge in [-0.25, -0.2) is 0 Å². The Balaban J connectivity index is 2.64. The standard InChI is InChI=1S/C7H15N5/c1-5(2)4-12-10-7(6(3)8)9-11-12/h5-6H,4,8H2,1-3H3. The number of hydrogen-bond acceptors (Lipinski definition) is 4. The average molecular weight is 169 g/mol. The maximum absolute atomic E-state index is 5.58. The molecule has 0 amide bonds. The quantitative estimate of drug-likeness (QED) is 0.708. The molecule has 0 saturated carbocycles. The zero-order chi connectivity index (χ0) is 9.14. The molecule has 5 nitrogen and oxygen atoms in total. The number of tetrazole rings is 1. The van der Waals surface area contributed by atoms with Crippen LogP contribution in [0.15, 0.2) is 0 Å². The second-order valence-electron chi connectivity index (χ2n) is 3.39. The van der Waals surface area contributed by atoms with Gasteiger partial charge in [0.1, 0.15) is 0 Å². The van der Waals surface area contributed by atoms with Crippen LogP contribution in [0.5, 0.6) is 0 Å². The summed E-state index contributed by atoms with van der Waals surface area (Å²) in [6, 6.07) is -0.133. The van der Waals surface area contributed by atoms with E-state index in [0.717, 1.165) is 6.54 Å². The average Bonchev–Trinajstić information content (AvgIpc) is 2.34. The number of rotatable bonds is 3. The van der Waals surface area contributed by atoms with E-state index in [9.17, 15) is 0 Å². The van der Waals surface area contributed by atoms with Crippen LogP contribution in [0.25, 0.3) is 0 Å². The number of aromatic nitrogens is 4. The summed E-state index contributed by atoms with van der Waals surface area (Å²) in [7, 11) is 0. The van der Waals surface area contributed by atoms with E-state index >= 15 is 0 Å². The van der Waals surface area contributed by atoms with Crippen LogP contribution in [-0.2, 0) is 6.54 Å². The summed E-state index contributed by atoms with van der Waals surface area (Å²) in [5.74, 6) is 1.13. The highest BCUT2D eigenvalue weighted by Gasteiger charge is 2.07. The molecule has 68 valence electrons. The zero-order valence-electron chi connectivity index (χ0n) is 7.73. The largest absolute Gasteiger partial charge is 0.321 e. The molecule has 1 atom stereocenters. The Labute approximate surface area is 71.9 Å². The Morgan fingerprint density at radius 3 is 2.50 bits per heavy atom. The van der Waals surface area contributed by atoms with Gasteiger partial charge in [0.25, 0.3) is 0 Å². The lowest BCUT2D eigenvalue weighted by atomic mass is 10.2. The SMILES string of the molecule is CC(C)Cn1nnc(C(C)N)n1. The minimum Gasteiger partial charge on any atom is -0.321 e. The molecule has 1 aromatic heterocycles. The first-order valence-electron chi connectivity index (χ1n) is 4.13. The summed E-state index contributed by atoms with van der Waals surface area (Å²) in [5, 5.41) is 11.8. The van der Waals surface area contributed by atoms with Crippen molar-refractivity contribution in [1.82, 2.24) is 20.2 Å². The molecule has 2 N–H and O–H groups in total. The van der Waals surface area contributed by atoms with Crippen LogP contribution in [0.4, 0.5) is 0 Å². The second kappa shape index (κ2) is 3.62. The van der Waals surface area contributed by atoms with Crippen molar-refractivity contribution in [3.63, 3.8) is 0 Å². The highest BCUT2D eigenvalue weighted by molar-refractivity contribution is 4.83. The molecule has 0 radical (unpaired) electrons. The van der Waals surface area contributed by atoms with Crippen molar-refractivity contribution >= 4 is 0 Å². The minimum atomic E-state index is -0.133.